The number of nitriles is 1. The average Bonchev–Trinajstić information content (AvgIpc) is 2.35. The number of aliphatic hydroxyl groups excluding tert-OH is 1. The van der Waals surface area contributed by atoms with Crippen LogP contribution < -0.4 is 5.32 Å². The van der Waals surface area contributed by atoms with Gasteiger partial charge in [-0.3, -0.25) is 0 Å². The zero-order chi connectivity index (χ0) is 12.3. The summed E-state index contributed by atoms with van der Waals surface area (Å²) in [5.41, 5.74) is 2.74. The lowest BCUT2D eigenvalue weighted by Gasteiger charge is -2.29. The molecule has 0 saturated heterocycles. The maximum Gasteiger partial charge on any atom is 0.0992 e. The molecule has 1 aromatic carbocycles. The normalized spacial score (nSPS) is 24.1. The molecule has 1 aliphatic carbocycles. The third kappa shape index (κ3) is 2.78. The van der Waals surface area contributed by atoms with Crippen LogP contribution in [0.2, 0.25) is 0 Å². The van der Waals surface area contributed by atoms with Crippen LogP contribution >= 0.6 is 0 Å². The molecule has 17 heavy (non-hydrogen) atoms. The Balaban J connectivity index is 2.14. The number of anilines is 1. The Morgan fingerprint density at radius 1 is 1.35 bits per heavy atom. The lowest BCUT2D eigenvalue weighted by atomic mass is 9.92. The highest BCUT2D eigenvalue weighted by molar-refractivity contribution is 5.55. The molecule has 0 bridgehead atoms. The first-order valence-corrected chi connectivity index (χ1v) is 6.16. The van der Waals surface area contributed by atoms with Crippen LogP contribution in [0.3, 0.4) is 0 Å². The second-order valence-electron chi connectivity index (χ2n) is 4.74. The maximum atomic E-state index is 9.92. The van der Waals surface area contributed by atoms with E-state index in [1.807, 2.05) is 25.1 Å². The van der Waals surface area contributed by atoms with Crippen molar-refractivity contribution < 1.29 is 5.11 Å². The Bertz CT molecular complexity index is 436. The van der Waals surface area contributed by atoms with E-state index in [1.54, 1.807) is 0 Å². The summed E-state index contributed by atoms with van der Waals surface area (Å²) in [6, 6.07) is 7.88. The first-order valence-electron chi connectivity index (χ1n) is 6.16. The summed E-state index contributed by atoms with van der Waals surface area (Å²) >= 11 is 0. The van der Waals surface area contributed by atoms with Crippen molar-refractivity contribution in [3.8, 4) is 6.07 Å². The minimum Gasteiger partial charge on any atom is -0.391 e. The van der Waals surface area contributed by atoms with Gasteiger partial charge in [-0.15, -0.1) is 0 Å². The molecule has 0 amide bonds. The van der Waals surface area contributed by atoms with Crippen molar-refractivity contribution in [1.29, 1.82) is 5.26 Å². The summed E-state index contributed by atoms with van der Waals surface area (Å²) in [7, 11) is 0. The minimum atomic E-state index is -0.270. The van der Waals surface area contributed by atoms with E-state index in [-0.39, 0.29) is 12.1 Å². The number of nitrogens with zero attached hydrogens (tertiary/aromatic N) is 1. The zero-order valence-corrected chi connectivity index (χ0v) is 10.1. The number of benzene rings is 1. The third-order valence-electron chi connectivity index (χ3n) is 3.44. The van der Waals surface area contributed by atoms with Crippen LogP contribution in [-0.4, -0.2) is 17.3 Å². The van der Waals surface area contributed by atoms with Gasteiger partial charge in [0.25, 0.3) is 0 Å². The Hall–Kier alpha value is -1.53. The fourth-order valence-corrected chi connectivity index (χ4v) is 2.33. The van der Waals surface area contributed by atoms with Gasteiger partial charge in [0.1, 0.15) is 0 Å². The molecule has 0 radical (unpaired) electrons. The van der Waals surface area contributed by atoms with Crippen molar-refractivity contribution in [2.45, 2.75) is 44.8 Å². The van der Waals surface area contributed by atoms with Crippen LogP contribution in [0.1, 0.15) is 36.8 Å². The van der Waals surface area contributed by atoms with E-state index in [4.69, 9.17) is 5.26 Å². The second-order valence-corrected chi connectivity index (χ2v) is 4.74. The Morgan fingerprint density at radius 2 is 2.12 bits per heavy atom. The number of rotatable bonds is 2. The van der Waals surface area contributed by atoms with Gasteiger partial charge >= 0.3 is 0 Å². The fourth-order valence-electron chi connectivity index (χ4n) is 2.33. The molecule has 2 N–H and O–H groups in total. The topological polar surface area (TPSA) is 56.0 Å². The molecule has 3 heteroatoms. The number of aryl methyl sites for hydroxylation is 1. The Kier molecular flexibility index (Phi) is 3.65. The van der Waals surface area contributed by atoms with Gasteiger partial charge in [-0.1, -0.05) is 18.9 Å². The Morgan fingerprint density at radius 3 is 2.82 bits per heavy atom. The van der Waals surface area contributed by atoms with Crippen LogP contribution in [0.5, 0.6) is 0 Å². The highest BCUT2D eigenvalue weighted by Crippen LogP contribution is 2.24. The average molecular weight is 230 g/mol. The van der Waals surface area contributed by atoms with Crippen molar-refractivity contribution in [1.82, 2.24) is 0 Å². The minimum absolute atomic E-state index is 0.122. The molecule has 1 aromatic rings. The van der Waals surface area contributed by atoms with E-state index in [9.17, 15) is 5.11 Å². The first kappa shape index (κ1) is 11.9. The third-order valence-corrected chi connectivity index (χ3v) is 3.44. The van der Waals surface area contributed by atoms with E-state index in [0.29, 0.717) is 5.56 Å². The van der Waals surface area contributed by atoms with Crippen molar-refractivity contribution in [2.24, 2.45) is 0 Å². The van der Waals surface area contributed by atoms with Gasteiger partial charge in [-0.2, -0.15) is 5.26 Å². The molecule has 1 saturated carbocycles. The van der Waals surface area contributed by atoms with Gasteiger partial charge in [-0.05, 0) is 37.5 Å². The molecule has 1 aliphatic rings. The molecule has 0 aliphatic heterocycles. The summed E-state index contributed by atoms with van der Waals surface area (Å²) in [6.45, 7) is 2.01. The standard InChI is InChI=1S/C14H18N2O/c1-10-6-7-11(9-15)8-13(10)16-12-4-2-3-5-14(12)17/h6-8,12,14,16-17H,2-5H2,1H3. The zero-order valence-electron chi connectivity index (χ0n) is 10.1. The number of hydrogen-bond donors (Lipinski definition) is 2. The largest absolute Gasteiger partial charge is 0.391 e. The van der Waals surface area contributed by atoms with Crippen molar-refractivity contribution in [2.75, 3.05) is 5.32 Å². The maximum absolute atomic E-state index is 9.92. The van der Waals surface area contributed by atoms with Crippen LogP contribution in [0.25, 0.3) is 0 Å². The molecule has 2 unspecified atom stereocenters. The molecular formula is C14H18N2O. The van der Waals surface area contributed by atoms with Crippen LogP contribution in [-0.2, 0) is 0 Å². The van der Waals surface area contributed by atoms with Gasteiger partial charge in [0.2, 0.25) is 0 Å². The summed E-state index contributed by atoms with van der Waals surface area (Å²) < 4.78 is 0. The predicted molar refractivity (Wildman–Crippen MR) is 67.8 cm³/mol. The molecule has 90 valence electrons. The molecule has 3 nitrogen and oxygen atoms in total. The second kappa shape index (κ2) is 5.20. The Labute approximate surface area is 102 Å². The lowest BCUT2D eigenvalue weighted by molar-refractivity contribution is 0.116. The molecule has 2 rings (SSSR count). The smallest absolute Gasteiger partial charge is 0.0992 e. The van der Waals surface area contributed by atoms with E-state index in [0.717, 1.165) is 36.9 Å². The predicted octanol–water partition coefficient (Wildman–Crippen LogP) is 2.58. The molecular weight excluding hydrogens is 212 g/mol. The lowest BCUT2D eigenvalue weighted by Crippen LogP contribution is -2.36. The van der Waals surface area contributed by atoms with Crippen molar-refractivity contribution >= 4 is 5.69 Å². The summed E-state index contributed by atoms with van der Waals surface area (Å²) in [5.74, 6) is 0. The number of hydrogen-bond acceptors (Lipinski definition) is 3. The van der Waals surface area contributed by atoms with Crippen molar-refractivity contribution in [3.05, 3.63) is 29.3 Å². The van der Waals surface area contributed by atoms with Gasteiger partial charge in [0, 0.05) is 5.69 Å². The molecule has 0 aromatic heterocycles. The van der Waals surface area contributed by atoms with Gasteiger partial charge in [-0.25, -0.2) is 0 Å². The van der Waals surface area contributed by atoms with E-state index in [2.05, 4.69) is 11.4 Å². The monoisotopic (exact) mass is 230 g/mol. The molecule has 0 spiro atoms. The van der Waals surface area contributed by atoms with Gasteiger partial charge < -0.3 is 10.4 Å². The van der Waals surface area contributed by atoms with Crippen LogP contribution in [0, 0.1) is 18.3 Å². The van der Waals surface area contributed by atoms with Gasteiger partial charge in [0.15, 0.2) is 0 Å². The quantitative estimate of drug-likeness (QED) is 0.821. The first-order chi connectivity index (χ1) is 8.20. The van der Waals surface area contributed by atoms with Crippen LogP contribution in [0.15, 0.2) is 18.2 Å². The van der Waals surface area contributed by atoms with Crippen molar-refractivity contribution in [3.63, 3.8) is 0 Å². The highest BCUT2D eigenvalue weighted by atomic mass is 16.3. The molecule has 0 heterocycles. The number of nitrogens with one attached hydrogen (secondary N) is 1. The summed E-state index contributed by atoms with van der Waals surface area (Å²) in [6.07, 6.45) is 3.86. The number of aliphatic hydroxyl groups is 1. The fraction of sp³-hybridized carbons (Fsp3) is 0.500. The van der Waals surface area contributed by atoms with E-state index < -0.39 is 0 Å². The molecule has 2 atom stereocenters. The van der Waals surface area contributed by atoms with Crippen LogP contribution in [0.4, 0.5) is 5.69 Å². The summed E-state index contributed by atoms with van der Waals surface area (Å²) in [5, 5.41) is 22.2. The van der Waals surface area contributed by atoms with E-state index in [1.165, 1.54) is 0 Å². The summed E-state index contributed by atoms with van der Waals surface area (Å²) in [4.78, 5) is 0. The highest BCUT2D eigenvalue weighted by Gasteiger charge is 2.23. The molecule has 1 fully saturated rings. The van der Waals surface area contributed by atoms with E-state index >= 15 is 0 Å². The SMILES string of the molecule is Cc1ccc(C#N)cc1NC1CCCCC1O. The van der Waals surface area contributed by atoms with Gasteiger partial charge in [0.05, 0.1) is 23.8 Å².